The molecule has 0 aromatic heterocycles. The molecule has 0 heterocycles. The van der Waals surface area contributed by atoms with Gasteiger partial charge in [0.1, 0.15) is 18.2 Å². The summed E-state index contributed by atoms with van der Waals surface area (Å²) in [6, 6.07) is 8.07. The van der Waals surface area contributed by atoms with Crippen LogP contribution in [-0.2, 0) is 23.9 Å². The molecule has 0 saturated heterocycles. The molecule has 174 valence electrons. The number of nitrogens with zero attached hydrogens (tertiary/aromatic N) is 1. The smallest absolute Gasteiger partial charge is 0.408 e. The molecule has 1 atom stereocenters. The zero-order valence-corrected chi connectivity index (χ0v) is 19.2. The van der Waals surface area contributed by atoms with E-state index in [0.717, 1.165) is 10.5 Å². The number of terminal acetylenes is 1. The van der Waals surface area contributed by atoms with Gasteiger partial charge in [-0.25, -0.2) is 4.79 Å². The Kier molecular flexibility index (Phi) is 10.2. The SMILES string of the molecule is C#CN(C(=O)CNC(=O)OC(C)(C)C)C(C(=O)NCCC(=O)OCC)c1ccccc1C. The van der Waals surface area contributed by atoms with Crippen molar-refractivity contribution in [1.82, 2.24) is 15.5 Å². The summed E-state index contributed by atoms with van der Waals surface area (Å²) in [5.74, 6) is -1.69. The minimum absolute atomic E-state index is 0.0167. The predicted octanol–water partition coefficient (Wildman–Crippen LogP) is 2.05. The van der Waals surface area contributed by atoms with Crippen LogP contribution >= 0.6 is 0 Å². The van der Waals surface area contributed by atoms with E-state index in [0.29, 0.717) is 5.56 Å². The first-order valence-corrected chi connectivity index (χ1v) is 10.2. The van der Waals surface area contributed by atoms with Gasteiger partial charge in [-0.05, 0) is 45.7 Å². The minimum Gasteiger partial charge on any atom is -0.466 e. The summed E-state index contributed by atoms with van der Waals surface area (Å²) in [5.41, 5.74) is 0.525. The third kappa shape index (κ3) is 8.68. The quantitative estimate of drug-likeness (QED) is 0.342. The predicted molar refractivity (Wildman–Crippen MR) is 118 cm³/mol. The molecule has 9 heteroatoms. The van der Waals surface area contributed by atoms with Crippen molar-refractivity contribution >= 4 is 23.9 Å². The van der Waals surface area contributed by atoms with Crippen molar-refractivity contribution in [3.05, 3.63) is 35.4 Å². The Balaban J connectivity index is 3.01. The summed E-state index contributed by atoms with van der Waals surface area (Å²) in [5, 5.41) is 4.97. The lowest BCUT2D eigenvalue weighted by Gasteiger charge is -2.27. The van der Waals surface area contributed by atoms with Gasteiger partial charge in [0.2, 0.25) is 5.91 Å². The fourth-order valence-electron chi connectivity index (χ4n) is 2.75. The molecule has 1 unspecified atom stereocenters. The first kappa shape index (κ1) is 26.5. The van der Waals surface area contributed by atoms with E-state index in [1.165, 1.54) is 0 Å². The summed E-state index contributed by atoms with van der Waals surface area (Å²) >= 11 is 0. The van der Waals surface area contributed by atoms with Gasteiger partial charge in [0, 0.05) is 12.6 Å². The summed E-state index contributed by atoms with van der Waals surface area (Å²) in [6.07, 6.45) is 4.77. The number of ether oxygens (including phenoxy) is 2. The largest absolute Gasteiger partial charge is 0.466 e. The van der Waals surface area contributed by atoms with Crippen LogP contribution in [0, 0.1) is 19.4 Å². The van der Waals surface area contributed by atoms with Crippen molar-refractivity contribution < 1.29 is 28.7 Å². The molecule has 0 spiro atoms. The lowest BCUT2D eigenvalue weighted by Crippen LogP contribution is -2.46. The van der Waals surface area contributed by atoms with Crippen molar-refractivity contribution in [2.75, 3.05) is 19.7 Å². The second-order valence-electron chi connectivity index (χ2n) is 7.85. The van der Waals surface area contributed by atoms with Crippen LogP contribution in [0.25, 0.3) is 0 Å². The molecule has 0 aliphatic carbocycles. The van der Waals surface area contributed by atoms with E-state index < -0.39 is 42.1 Å². The van der Waals surface area contributed by atoms with Gasteiger partial charge < -0.3 is 20.1 Å². The van der Waals surface area contributed by atoms with E-state index in [1.807, 2.05) is 0 Å². The Hall–Kier alpha value is -3.54. The van der Waals surface area contributed by atoms with Crippen LogP contribution in [-0.4, -0.2) is 54.1 Å². The van der Waals surface area contributed by atoms with E-state index in [4.69, 9.17) is 15.9 Å². The van der Waals surface area contributed by atoms with Crippen LogP contribution < -0.4 is 10.6 Å². The van der Waals surface area contributed by atoms with Crippen LogP contribution in [0.2, 0.25) is 0 Å². The zero-order valence-electron chi connectivity index (χ0n) is 19.2. The average molecular weight is 446 g/mol. The molecule has 9 nitrogen and oxygen atoms in total. The van der Waals surface area contributed by atoms with E-state index in [1.54, 1.807) is 58.9 Å². The Morgan fingerprint density at radius 2 is 1.81 bits per heavy atom. The third-order valence-corrected chi connectivity index (χ3v) is 4.11. The number of aryl methyl sites for hydroxylation is 1. The van der Waals surface area contributed by atoms with Gasteiger partial charge in [0.15, 0.2) is 0 Å². The van der Waals surface area contributed by atoms with Gasteiger partial charge in [-0.2, -0.15) is 0 Å². The first-order chi connectivity index (χ1) is 15.0. The summed E-state index contributed by atoms with van der Waals surface area (Å²) < 4.78 is 9.96. The number of alkyl carbamates (subject to hydrolysis) is 1. The Morgan fingerprint density at radius 1 is 1.16 bits per heavy atom. The van der Waals surface area contributed by atoms with Gasteiger partial charge in [0.25, 0.3) is 5.91 Å². The normalized spacial score (nSPS) is 11.5. The van der Waals surface area contributed by atoms with Crippen molar-refractivity contribution in [1.29, 1.82) is 0 Å². The van der Waals surface area contributed by atoms with Gasteiger partial charge in [-0.1, -0.05) is 30.7 Å². The van der Waals surface area contributed by atoms with Crippen LogP contribution in [0.4, 0.5) is 4.79 Å². The lowest BCUT2D eigenvalue weighted by atomic mass is 9.99. The topological polar surface area (TPSA) is 114 Å². The highest BCUT2D eigenvalue weighted by atomic mass is 16.6. The van der Waals surface area contributed by atoms with E-state index in [9.17, 15) is 19.2 Å². The number of esters is 1. The molecule has 0 saturated carbocycles. The number of carbonyl (C=O) groups is 4. The molecule has 0 bridgehead atoms. The highest BCUT2D eigenvalue weighted by molar-refractivity contribution is 5.92. The van der Waals surface area contributed by atoms with Crippen molar-refractivity contribution in [3.8, 4) is 12.5 Å². The molecular formula is C23H31N3O6. The number of nitrogens with one attached hydrogen (secondary N) is 2. The maximum Gasteiger partial charge on any atom is 0.408 e. The number of hydrogen-bond donors (Lipinski definition) is 2. The van der Waals surface area contributed by atoms with Gasteiger partial charge in [-0.15, -0.1) is 0 Å². The standard InChI is InChI=1S/C23H31N3O6/c1-7-26(18(27)15-25-22(30)32-23(4,5)6)20(17-12-10-9-11-16(17)3)21(29)24-14-13-19(28)31-8-2/h1,9-12,20H,8,13-15H2,2-6H3,(H,24,29)(H,25,30). The number of amides is 3. The molecule has 0 fully saturated rings. The molecule has 3 amide bonds. The highest BCUT2D eigenvalue weighted by Gasteiger charge is 2.32. The molecule has 0 radical (unpaired) electrons. The molecule has 0 aliphatic heterocycles. The second-order valence-corrected chi connectivity index (χ2v) is 7.85. The minimum atomic E-state index is -1.16. The van der Waals surface area contributed by atoms with Gasteiger partial charge >= 0.3 is 12.1 Å². The van der Waals surface area contributed by atoms with Crippen molar-refractivity contribution in [2.45, 2.75) is 52.7 Å². The van der Waals surface area contributed by atoms with Crippen LogP contribution in [0.15, 0.2) is 24.3 Å². The Bertz CT molecular complexity index is 869. The average Bonchev–Trinajstić information content (AvgIpc) is 2.69. The molecule has 1 rings (SSSR count). The first-order valence-electron chi connectivity index (χ1n) is 10.2. The third-order valence-electron chi connectivity index (χ3n) is 4.11. The second kappa shape index (κ2) is 12.3. The van der Waals surface area contributed by atoms with E-state index >= 15 is 0 Å². The van der Waals surface area contributed by atoms with Crippen LogP contribution in [0.5, 0.6) is 0 Å². The summed E-state index contributed by atoms with van der Waals surface area (Å²) in [7, 11) is 0. The van der Waals surface area contributed by atoms with Gasteiger partial charge in [-0.3, -0.25) is 19.3 Å². The maximum atomic E-state index is 13.0. The van der Waals surface area contributed by atoms with Crippen LogP contribution in [0.1, 0.15) is 51.3 Å². The number of carbonyl (C=O) groups excluding carboxylic acids is 4. The summed E-state index contributed by atoms with van der Waals surface area (Å²) in [6.45, 7) is 8.34. The van der Waals surface area contributed by atoms with Gasteiger partial charge in [0.05, 0.1) is 13.0 Å². The van der Waals surface area contributed by atoms with E-state index in [2.05, 4.69) is 16.7 Å². The molecular weight excluding hydrogens is 414 g/mol. The molecule has 1 aromatic carbocycles. The van der Waals surface area contributed by atoms with Crippen LogP contribution in [0.3, 0.4) is 0 Å². The lowest BCUT2D eigenvalue weighted by molar-refractivity contribution is -0.143. The monoisotopic (exact) mass is 445 g/mol. The highest BCUT2D eigenvalue weighted by Crippen LogP contribution is 2.24. The Morgan fingerprint density at radius 3 is 2.38 bits per heavy atom. The number of benzene rings is 1. The zero-order chi connectivity index (χ0) is 24.3. The molecule has 0 aliphatic rings. The Labute approximate surface area is 188 Å². The molecule has 2 N–H and O–H groups in total. The fourth-order valence-corrected chi connectivity index (χ4v) is 2.75. The van der Waals surface area contributed by atoms with E-state index in [-0.39, 0.29) is 19.6 Å². The van der Waals surface area contributed by atoms with Crippen molar-refractivity contribution in [3.63, 3.8) is 0 Å². The van der Waals surface area contributed by atoms with Crippen molar-refractivity contribution in [2.24, 2.45) is 0 Å². The molecule has 32 heavy (non-hydrogen) atoms. The number of hydrogen-bond acceptors (Lipinski definition) is 6. The summed E-state index contributed by atoms with van der Waals surface area (Å²) in [4.78, 5) is 50.1. The fraction of sp³-hybridized carbons (Fsp3) is 0.478. The number of rotatable bonds is 9. The maximum absolute atomic E-state index is 13.0. The molecule has 1 aromatic rings.